The van der Waals surface area contributed by atoms with Gasteiger partial charge in [-0.05, 0) is 12.7 Å². The van der Waals surface area contributed by atoms with Crippen LogP contribution in [0.5, 0.6) is 5.75 Å². The normalized spacial score (nSPS) is 11.5. The first-order valence-corrected chi connectivity index (χ1v) is 4.94. The molecule has 0 aliphatic carbocycles. The summed E-state index contributed by atoms with van der Waals surface area (Å²) in [6.07, 6.45) is 2.78. The van der Waals surface area contributed by atoms with Gasteiger partial charge in [0.1, 0.15) is 12.7 Å². The molecule has 0 bridgehead atoms. The van der Waals surface area contributed by atoms with E-state index in [0.29, 0.717) is 11.3 Å². The molecule has 0 atom stereocenters. The van der Waals surface area contributed by atoms with Crippen LogP contribution in [0, 0.1) is 10.1 Å². The summed E-state index contributed by atoms with van der Waals surface area (Å²) in [6.45, 7) is 1.67. The Hall–Kier alpha value is -2.77. The fourth-order valence-corrected chi connectivity index (χ4v) is 1.36. The van der Waals surface area contributed by atoms with Gasteiger partial charge in [0, 0.05) is 11.6 Å². The molecule has 1 aromatic heterocycles. The molecule has 8 heteroatoms. The van der Waals surface area contributed by atoms with E-state index in [2.05, 4.69) is 15.3 Å². The fraction of sp³-hybridized carbons (Fsp3) is 0.100. The highest BCUT2D eigenvalue weighted by Gasteiger charge is 2.09. The molecular weight excluding hydrogens is 238 g/mol. The molecule has 0 N–H and O–H groups in total. The summed E-state index contributed by atoms with van der Waals surface area (Å²) in [5.74, 6) is -0.624. The van der Waals surface area contributed by atoms with Crippen molar-refractivity contribution in [2.45, 2.75) is 6.92 Å². The molecule has 0 saturated carbocycles. The van der Waals surface area contributed by atoms with Crippen molar-refractivity contribution < 1.29 is 10.0 Å². The molecule has 0 radical (unpaired) electrons. The summed E-state index contributed by atoms with van der Waals surface area (Å²) in [5, 5.41) is 33.2. The van der Waals surface area contributed by atoms with E-state index >= 15 is 0 Å². The standard InChI is InChI=1S/C10H9N5O3/c1-7(13-14-5-11-12-6-14)8-2-3-10(16)9(4-8)15(17)18/h2-6,16H,1H3/p-1/b13-7+. The first kappa shape index (κ1) is 11.7. The third kappa shape index (κ3) is 2.32. The molecule has 1 heterocycles. The lowest BCUT2D eigenvalue weighted by Crippen LogP contribution is -2.03. The Morgan fingerprint density at radius 1 is 1.39 bits per heavy atom. The van der Waals surface area contributed by atoms with Gasteiger partial charge in [-0.2, -0.15) is 5.10 Å². The van der Waals surface area contributed by atoms with Gasteiger partial charge in [0.05, 0.1) is 10.6 Å². The lowest BCUT2D eigenvalue weighted by atomic mass is 10.1. The van der Waals surface area contributed by atoms with Crippen LogP contribution >= 0.6 is 0 Å². The molecule has 0 aliphatic heterocycles. The monoisotopic (exact) mass is 246 g/mol. The first-order chi connectivity index (χ1) is 8.58. The molecule has 0 spiro atoms. The topological polar surface area (TPSA) is 109 Å². The van der Waals surface area contributed by atoms with Crippen LogP contribution in [0.25, 0.3) is 0 Å². The van der Waals surface area contributed by atoms with Gasteiger partial charge in [-0.1, -0.05) is 12.1 Å². The van der Waals surface area contributed by atoms with E-state index in [4.69, 9.17) is 0 Å². The third-order valence-electron chi connectivity index (χ3n) is 2.25. The Kier molecular flexibility index (Phi) is 3.00. The molecule has 0 aliphatic rings. The molecule has 2 aromatic rings. The molecular formula is C10H8N5O3-. The zero-order valence-corrected chi connectivity index (χ0v) is 9.35. The Morgan fingerprint density at radius 2 is 2.06 bits per heavy atom. The average Bonchev–Trinajstić information content (AvgIpc) is 2.81. The molecule has 0 saturated heterocycles. The maximum absolute atomic E-state index is 11.2. The molecule has 0 unspecified atom stereocenters. The molecule has 1 aromatic carbocycles. The number of hydrogen-bond donors (Lipinski definition) is 0. The molecule has 2 rings (SSSR count). The van der Waals surface area contributed by atoms with E-state index in [1.54, 1.807) is 6.92 Å². The Morgan fingerprint density at radius 3 is 2.67 bits per heavy atom. The van der Waals surface area contributed by atoms with E-state index in [0.717, 1.165) is 6.07 Å². The van der Waals surface area contributed by atoms with E-state index in [1.807, 2.05) is 0 Å². The first-order valence-electron chi connectivity index (χ1n) is 4.94. The zero-order chi connectivity index (χ0) is 13.1. The summed E-state index contributed by atoms with van der Waals surface area (Å²) in [5.41, 5.74) is 0.540. The van der Waals surface area contributed by atoms with E-state index in [9.17, 15) is 15.2 Å². The molecule has 0 amide bonds. The zero-order valence-electron chi connectivity index (χ0n) is 9.35. The highest BCUT2D eigenvalue weighted by Crippen LogP contribution is 2.24. The summed E-state index contributed by atoms with van der Waals surface area (Å²) < 4.78 is 1.37. The quantitative estimate of drug-likeness (QED) is 0.445. The smallest absolute Gasteiger partial charge is 0.262 e. The minimum Gasteiger partial charge on any atom is -0.868 e. The minimum absolute atomic E-state index is 0.467. The SMILES string of the molecule is C/C(=N\n1cnnc1)c1ccc([O-])c([N+](=O)[O-])c1. The second-order valence-corrected chi connectivity index (χ2v) is 3.47. The minimum atomic E-state index is -0.710. The van der Waals surface area contributed by atoms with Crippen molar-refractivity contribution in [1.82, 2.24) is 14.9 Å². The van der Waals surface area contributed by atoms with Crippen molar-refractivity contribution in [3.05, 3.63) is 46.5 Å². The average molecular weight is 246 g/mol. The summed E-state index contributed by atoms with van der Waals surface area (Å²) >= 11 is 0. The van der Waals surface area contributed by atoms with Gasteiger partial charge >= 0.3 is 0 Å². The van der Waals surface area contributed by atoms with Crippen LogP contribution < -0.4 is 5.11 Å². The number of nitro groups is 1. The van der Waals surface area contributed by atoms with Crippen molar-refractivity contribution in [3.63, 3.8) is 0 Å². The van der Waals surface area contributed by atoms with Gasteiger partial charge in [0.2, 0.25) is 0 Å². The maximum atomic E-state index is 11.2. The van der Waals surface area contributed by atoms with Gasteiger partial charge < -0.3 is 5.11 Å². The van der Waals surface area contributed by atoms with Gasteiger partial charge in [0.25, 0.3) is 5.69 Å². The second kappa shape index (κ2) is 4.62. The van der Waals surface area contributed by atoms with Crippen LogP contribution in [-0.4, -0.2) is 25.5 Å². The van der Waals surface area contributed by atoms with Crippen LogP contribution in [-0.2, 0) is 0 Å². The molecule has 8 nitrogen and oxygen atoms in total. The van der Waals surface area contributed by atoms with Crippen molar-refractivity contribution in [1.29, 1.82) is 0 Å². The third-order valence-corrected chi connectivity index (χ3v) is 2.25. The van der Waals surface area contributed by atoms with Crippen molar-refractivity contribution in [2.75, 3.05) is 0 Å². The van der Waals surface area contributed by atoms with Crippen LogP contribution in [0.3, 0.4) is 0 Å². The number of nitro benzene ring substituents is 1. The van der Waals surface area contributed by atoms with E-state index in [1.165, 1.54) is 29.5 Å². The van der Waals surface area contributed by atoms with Crippen LogP contribution in [0.4, 0.5) is 5.69 Å². The lowest BCUT2D eigenvalue weighted by Gasteiger charge is -2.08. The number of nitrogens with zero attached hydrogens (tertiary/aromatic N) is 5. The highest BCUT2D eigenvalue weighted by molar-refractivity contribution is 5.99. The Bertz CT molecular complexity index is 606. The number of aromatic nitrogens is 3. The fourth-order valence-electron chi connectivity index (χ4n) is 1.36. The Labute approximate surface area is 101 Å². The van der Waals surface area contributed by atoms with Crippen LogP contribution in [0.2, 0.25) is 0 Å². The van der Waals surface area contributed by atoms with Gasteiger partial charge in [-0.15, -0.1) is 10.2 Å². The molecule has 0 fully saturated rings. The van der Waals surface area contributed by atoms with Crippen LogP contribution in [0.15, 0.2) is 36.0 Å². The van der Waals surface area contributed by atoms with Gasteiger partial charge in [-0.3, -0.25) is 10.1 Å². The predicted molar refractivity (Wildman–Crippen MR) is 60.2 cm³/mol. The molecule has 92 valence electrons. The molecule has 18 heavy (non-hydrogen) atoms. The number of benzene rings is 1. The predicted octanol–water partition coefficient (Wildman–Crippen LogP) is 0.532. The van der Waals surface area contributed by atoms with Gasteiger partial charge in [-0.25, -0.2) is 4.68 Å². The maximum Gasteiger partial charge on any atom is 0.262 e. The van der Waals surface area contributed by atoms with Crippen molar-refractivity contribution in [2.24, 2.45) is 5.10 Å². The second-order valence-electron chi connectivity index (χ2n) is 3.47. The van der Waals surface area contributed by atoms with Gasteiger partial charge in [0.15, 0.2) is 0 Å². The summed E-state index contributed by atoms with van der Waals surface area (Å²) in [7, 11) is 0. The summed E-state index contributed by atoms with van der Waals surface area (Å²) in [4.78, 5) is 9.94. The number of rotatable bonds is 3. The summed E-state index contributed by atoms with van der Waals surface area (Å²) in [6, 6.07) is 3.84. The van der Waals surface area contributed by atoms with Crippen molar-refractivity contribution in [3.8, 4) is 5.75 Å². The number of hydrogen-bond acceptors (Lipinski definition) is 6. The largest absolute Gasteiger partial charge is 0.868 e. The Balaban J connectivity index is 2.40. The lowest BCUT2D eigenvalue weighted by molar-refractivity contribution is -0.398. The van der Waals surface area contributed by atoms with E-state index < -0.39 is 16.4 Å². The van der Waals surface area contributed by atoms with Crippen LogP contribution in [0.1, 0.15) is 12.5 Å². The van der Waals surface area contributed by atoms with E-state index in [-0.39, 0.29) is 0 Å². The highest BCUT2D eigenvalue weighted by atomic mass is 16.6. The van der Waals surface area contributed by atoms with Crippen molar-refractivity contribution >= 4 is 11.4 Å².